The Morgan fingerprint density at radius 3 is 2.89 bits per heavy atom. The molecule has 19 heavy (non-hydrogen) atoms. The number of benzene rings is 1. The maximum atomic E-state index is 6.22. The lowest BCUT2D eigenvalue weighted by Gasteiger charge is -2.23. The molecular weight excluding hydrogens is 328 g/mol. The molecular formula is C15H18BrClO2. The van der Waals surface area contributed by atoms with Crippen LogP contribution < -0.4 is 4.74 Å². The monoisotopic (exact) mass is 344 g/mol. The summed E-state index contributed by atoms with van der Waals surface area (Å²) in [6, 6.07) is 5.66. The second-order valence-electron chi connectivity index (χ2n) is 5.55. The van der Waals surface area contributed by atoms with Crippen LogP contribution in [0.2, 0.25) is 5.02 Å². The lowest BCUT2D eigenvalue weighted by Crippen LogP contribution is -2.27. The van der Waals surface area contributed by atoms with Crippen LogP contribution in [0.3, 0.4) is 0 Å². The zero-order chi connectivity index (χ0) is 13.3. The van der Waals surface area contributed by atoms with Crippen molar-refractivity contribution in [2.75, 3.05) is 6.61 Å². The first kappa shape index (κ1) is 13.7. The van der Waals surface area contributed by atoms with Gasteiger partial charge in [-0.05, 0) is 43.9 Å². The third-order valence-electron chi connectivity index (χ3n) is 4.17. The van der Waals surface area contributed by atoms with E-state index in [0.29, 0.717) is 11.6 Å². The summed E-state index contributed by atoms with van der Waals surface area (Å²) in [5.74, 6) is 0.729. The molecule has 2 fully saturated rings. The van der Waals surface area contributed by atoms with E-state index in [-0.39, 0.29) is 11.7 Å². The Morgan fingerprint density at radius 1 is 1.32 bits per heavy atom. The fourth-order valence-corrected chi connectivity index (χ4v) is 3.68. The van der Waals surface area contributed by atoms with Gasteiger partial charge in [0, 0.05) is 4.47 Å². The first-order valence-electron chi connectivity index (χ1n) is 6.93. The highest BCUT2D eigenvalue weighted by atomic mass is 79.9. The maximum absolute atomic E-state index is 6.22. The third-order valence-corrected chi connectivity index (χ3v) is 4.98. The average molecular weight is 346 g/mol. The molecule has 1 saturated carbocycles. The molecule has 1 aromatic carbocycles. The lowest BCUT2D eigenvalue weighted by molar-refractivity contribution is -0.0508. The van der Waals surface area contributed by atoms with Gasteiger partial charge in [0.05, 0.1) is 16.7 Å². The fourth-order valence-electron chi connectivity index (χ4n) is 3.17. The van der Waals surface area contributed by atoms with Crippen LogP contribution in [0, 0.1) is 0 Å². The smallest absolute Gasteiger partial charge is 0.139 e. The summed E-state index contributed by atoms with van der Waals surface area (Å²) >= 11 is 9.54. The van der Waals surface area contributed by atoms with Gasteiger partial charge in [-0.15, -0.1) is 0 Å². The first-order chi connectivity index (χ1) is 9.17. The van der Waals surface area contributed by atoms with Crippen molar-refractivity contribution in [3.05, 3.63) is 27.7 Å². The first-order valence-corrected chi connectivity index (χ1v) is 8.10. The summed E-state index contributed by atoms with van der Waals surface area (Å²) in [5, 5.41) is 0.650. The topological polar surface area (TPSA) is 18.5 Å². The Bertz CT molecular complexity index is 457. The van der Waals surface area contributed by atoms with Crippen LogP contribution in [0.5, 0.6) is 5.75 Å². The zero-order valence-corrected chi connectivity index (χ0v) is 13.2. The van der Waals surface area contributed by atoms with E-state index in [1.54, 1.807) is 0 Å². The summed E-state index contributed by atoms with van der Waals surface area (Å²) in [6.45, 7) is 0.595. The van der Waals surface area contributed by atoms with Crippen LogP contribution in [0.15, 0.2) is 22.7 Å². The van der Waals surface area contributed by atoms with Gasteiger partial charge in [0.1, 0.15) is 12.4 Å². The van der Waals surface area contributed by atoms with Crippen molar-refractivity contribution in [1.29, 1.82) is 0 Å². The standard InChI is InChI=1S/C15H18BrClO2/c16-11-3-4-13(17)14(9-11)18-10-12-5-8-15(19-12)6-1-2-7-15/h3-4,9,12H,1-2,5-8,10H2. The molecule has 104 valence electrons. The van der Waals surface area contributed by atoms with E-state index in [4.69, 9.17) is 21.1 Å². The highest BCUT2D eigenvalue weighted by Crippen LogP contribution is 2.43. The summed E-state index contributed by atoms with van der Waals surface area (Å²) in [6.07, 6.45) is 7.57. The highest BCUT2D eigenvalue weighted by molar-refractivity contribution is 9.10. The van der Waals surface area contributed by atoms with E-state index in [1.165, 1.54) is 32.1 Å². The van der Waals surface area contributed by atoms with Gasteiger partial charge >= 0.3 is 0 Å². The number of ether oxygens (including phenoxy) is 2. The molecule has 1 saturated heterocycles. The molecule has 3 rings (SSSR count). The number of halogens is 2. The molecule has 0 N–H and O–H groups in total. The quantitative estimate of drug-likeness (QED) is 0.769. The molecule has 2 aliphatic rings. The van der Waals surface area contributed by atoms with Gasteiger partial charge in [-0.25, -0.2) is 0 Å². The van der Waals surface area contributed by atoms with E-state index < -0.39 is 0 Å². The van der Waals surface area contributed by atoms with Crippen LogP contribution in [0.1, 0.15) is 38.5 Å². The summed E-state index contributed by atoms with van der Waals surface area (Å²) in [7, 11) is 0. The van der Waals surface area contributed by atoms with Gasteiger partial charge < -0.3 is 9.47 Å². The van der Waals surface area contributed by atoms with Crippen LogP contribution in [-0.4, -0.2) is 18.3 Å². The predicted molar refractivity (Wildman–Crippen MR) is 80.0 cm³/mol. The van der Waals surface area contributed by atoms with E-state index in [2.05, 4.69) is 15.9 Å². The van der Waals surface area contributed by atoms with Crippen LogP contribution >= 0.6 is 27.5 Å². The van der Waals surface area contributed by atoms with Gasteiger partial charge in [-0.3, -0.25) is 0 Å². The van der Waals surface area contributed by atoms with Gasteiger partial charge in [0.15, 0.2) is 0 Å². The van der Waals surface area contributed by atoms with Gasteiger partial charge in [-0.1, -0.05) is 40.4 Å². The van der Waals surface area contributed by atoms with Crippen molar-refractivity contribution in [2.24, 2.45) is 0 Å². The number of hydrogen-bond acceptors (Lipinski definition) is 2. The Hall–Kier alpha value is -0.250. The second kappa shape index (κ2) is 5.63. The Morgan fingerprint density at radius 2 is 2.11 bits per heavy atom. The predicted octanol–water partition coefficient (Wildman–Crippen LogP) is 4.97. The van der Waals surface area contributed by atoms with Crippen LogP contribution in [-0.2, 0) is 4.74 Å². The fraction of sp³-hybridized carbons (Fsp3) is 0.600. The summed E-state index contributed by atoms with van der Waals surface area (Å²) < 4.78 is 13.0. The molecule has 1 heterocycles. The molecule has 1 spiro atoms. The van der Waals surface area contributed by atoms with Crippen molar-refractivity contribution in [3.8, 4) is 5.75 Å². The minimum Gasteiger partial charge on any atom is -0.489 e. The Kier molecular flexibility index (Phi) is 4.06. The van der Waals surface area contributed by atoms with Gasteiger partial charge in [0.2, 0.25) is 0 Å². The molecule has 1 aliphatic heterocycles. The van der Waals surface area contributed by atoms with E-state index in [0.717, 1.165) is 16.6 Å². The minimum atomic E-state index is 0.176. The van der Waals surface area contributed by atoms with Crippen molar-refractivity contribution in [3.63, 3.8) is 0 Å². The lowest BCUT2D eigenvalue weighted by atomic mass is 9.98. The third kappa shape index (κ3) is 3.09. The molecule has 1 atom stereocenters. The molecule has 0 radical (unpaired) electrons. The van der Waals surface area contributed by atoms with Crippen LogP contribution in [0.25, 0.3) is 0 Å². The zero-order valence-electron chi connectivity index (χ0n) is 10.8. The summed E-state index contributed by atoms with van der Waals surface area (Å²) in [4.78, 5) is 0. The maximum Gasteiger partial charge on any atom is 0.139 e. The Balaban J connectivity index is 1.57. The molecule has 2 nitrogen and oxygen atoms in total. The molecule has 4 heteroatoms. The van der Waals surface area contributed by atoms with E-state index >= 15 is 0 Å². The molecule has 0 bridgehead atoms. The summed E-state index contributed by atoms with van der Waals surface area (Å²) in [5.41, 5.74) is 0.176. The SMILES string of the molecule is Clc1ccc(Br)cc1OCC1CCC2(CCCC2)O1. The van der Waals surface area contributed by atoms with Crippen molar-refractivity contribution < 1.29 is 9.47 Å². The number of hydrogen-bond donors (Lipinski definition) is 0. The van der Waals surface area contributed by atoms with E-state index in [1.807, 2.05) is 18.2 Å². The molecule has 0 amide bonds. The van der Waals surface area contributed by atoms with Crippen molar-refractivity contribution in [2.45, 2.75) is 50.2 Å². The molecule has 0 aromatic heterocycles. The Labute approximate surface area is 127 Å². The van der Waals surface area contributed by atoms with Crippen molar-refractivity contribution >= 4 is 27.5 Å². The highest BCUT2D eigenvalue weighted by Gasteiger charge is 2.42. The molecule has 1 aromatic rings. The van der Waals surface area contributed by atoms with Gasteiger partial charge in [-0.2, -0.15) is 0 Å². The van der Waals surface area contributed by atoms with Gasteiger partial charge in [0.25, 0.3) is 0 Å². The molecule has 1 aliphatic carbocycles. The normalized spacial score (nSPS) is 25.1. The van der Waals surface area contributed by atoms with Crippen molar-refractivity contribution in [1.82, 2.24) is 0 Å². The number of rotatable bonds is 3. The second-order valence-corrected chi connectivity index (χ2v) is 6.88. The minimum absolute atomic E-state index is 0.176. The average Bonchev–Trinajstić information content (AvgIpc) is 3.02. The largest absolute Gasteiger partial charge is 0.489 e. The van der Waals surface area contributed by atoms with E-state index in [9.17, 15) is 0 Å². The van der Waals surface area contributed by atoms with Crippen LogP contribution in [0.4, 0.5) is 0 Å². The molecule has 1 unspecified atom stereocenters.